The maximum atomic E-state index is 11.0. The van der Waals surface area contributed by atoms with Gasteiger partial charge in [0.05, 0.1) is 17.6 Å². The van der Waals surface area contributed by atoms with Gasteiger partial charge < -0.3 is 14.8 Å². The molecule has 2 N–H and O–H groups in total. The van der Waals surface area contributed by atoms with Gasteiger partial charge >= 0.3 is 5.97 Å². The lowest BCUT2D eigenvalue weighted by atomic mass is 10.1. The van der Waals surface area contributed by atoms with Gasteiger partial charge in [-0.25, -0.2) is 4.79 Å². The number of halogens is 1. The Morgan fingerprint density at radius 3 is 2.75 bits per heavy atom. The Morgan fingerprint density at radius 1 is 1.50 bits per heavy atom. The Bertz CT molecular complexity index is 574. The molecule has 0 atom stereocenters. The molecule has 84 valence electrons. The number of benzene rings is 1. The molecule has 0 saturated carbocycles. The van der Waals surface area contributed by atoms with E-state index in [1.165, 1.54) is 7.11 Å². The number of carbonyl (C=O) groups is 1. The highest BCUT2D eigenvalue weighted by molar-refractivity contribution is 6.33. The number of ether oxygens (including phenoxy) is 1. The van der Waals surface area contributed by atoms with Gasteiger partial charge in [-0.2, -0.15) is 0 Å². The first-order chi connectivity index (χ1) is 7.56. The number of hydrogen-bond donors (Lipinski definition) is 2. The van der Waals surface area contributed by atoms with Gasteiger partial charge in [0.25, 0.3) is 0 Å². The smallest absolute Gasteiger partial charge is 0.352 e. The summed E-state index contributed by atoms with van der Waals surface area (Å²) in [5.74, 6) is -0.493. The molecule has 1 heterocycles. The largest absolute Gasteiger partial charge is 0.494 e. The molecule has 0 fully saturated rings. The van der Waals surface area contributed by atoms with E-state index in [0.29, 0.717) is 27.2 Å². The first-order valence-corrected chi connectivity index (χ1v) is 5.02. The summed E-state index contributed by atoms with van der Waals surface area (Å²) in [7, 11) is 1.51. The zero-order chi connectivity index (χ0) is 11.9. The van der Waals surface area contributed by atoms with E-state index in [9.17, 15) is 4.79 Å². The summed E-state index contributed by atoms with van der Waals surface area (Å²) >= 11 is 5.98. The monoisotopic (exact) mass is 239 g/mol. The van der Waals surface area contributed by atoms with Gasteiger partial charge in [0.2, 0.25) is 0 Å². The number of rotatable bonds is 2. The molecule has 0 aliphatic rings. The molecule has 0 spiro atoms. The van der Waals surface area contributed by atoms with Gasteiger partial charge in [-0.05, 0) is 24.6 Å². The second-order valence-corrected chi connectivity index (χ2v) is 3.84. The number of aryl methyl sites for hydroxylation is 1. The molecule has 16 heavy (non-hydrogen) atoms. The summed E-state index contributed by atoms with van der Waals surface area (Å²) in [5, 5.41) is 10.2. The van der Waals surface area contributed by atoms with E-state index in [1.54, 1.807) is 19.1 Å². The minimum absolute atomic E-state index is 0.163. The Hall–Kier alpha value is -1.68. The average Bonchev–Trinajstić information content (AvgIpc) is 2.57. The number of nitrogens with one attached hydrogen (secondary N) is 1. The Labute approximate surface area is 96.8 Å². The molecule has 0 amide bonds. The topological polar surface area (TPSA) is 62.3 Å². The summed E-state index contributed by atoms with van der Waals surface area (Å²) in [6, 6.07) is 3.41. The number of aromatic nitrogens is 1. The maximum absolute atomic E-state index is 11.0. The van der Waals surface area contributed by atoms with Crippen LogP contribution >= 0.6 is 11.6 Å². The number of carboxylic acids is 1. The van der Waals surface area contributed by atoms with Crippen LogP contribution in [0.3, 0.4) is 0 Å². The molecule has 0 aliphatic heterocycles. The van der Waals surface area contributed by atoms with E-state index in [0.717, 1.165) is 0 Å². The first-order valence-electron chi connectivity index (χ1n) is 4.64. The third kappa shape index (κ3) is 1.42. The summed E-state index contributed by atoms with van der Waals surface area (Å²) in [6.07, 6.45) is 0. The Kier molecular flexibility index (Phi) is 2.52. The lowest BCUT2D eigenvalue weighted by Crippen LogP contribution is -1.98. The Balaban J connectivity index is 2.87. The summed E-state index contributed by atoms with van der Waals surface area (Å²) in [6.45, 7) is 1.72. The van der Waals surface area contributed by atoms with Crippen LogP contribution in [0.1, 0.15) is 16.1 Å². The van der Waals surface area contributed by atoms with Crippen molar-refractivity contribution in [2.75, 3.05) is 7.11 Å². The van der Waals surface area contributed by atoms with Crippen molar-refractivity contribution >= 4 is 28.5 Å². The number of fused-ring (bicyclic) bond motifs is 1. The summed E-state index contributed by atoms with van der Waals surface area (Å²) < 4.78 is 5.19. The van der Waals surface area contributed by atoms with E-state index in [-0.39, 0.29) is 5.69 Å². The second-order valence-electron chi connectivity index (χ2n) is 3.43. The highest BCUT2D eigenvalue weighted by Crippen LogP contribution is 2.36. The van der Waals surface area contributed by atoms with Crippen molar-refractivity contribution in [3.63, 3.8) is 0 Å². The van der Waals surface area contributed by atoms with Crippen LogP contribution < -0.4 is 4.74 Å². The zero-order valence-electron chi connectivity index (χ0n) is 8.80. The van der Waals surface area contributed by atoms with Crippen molar-refractivity contribution in [2.45, 2.75) is 6.92 Å². The molecule has 5 heteroatoms. The molecular weight excluding hydrogens is 230 g/mol. The summed E-state index contributed by atoms with van der Waals surface area (Å²) in [5.41, 5.74) is 1.49. The SMILES string of the molecule is COc1c(Cl)ccc2[nH]c(C(=O)O)c(C)c12. The number of hydrogen-bond acceptors (Lipinski definition) is 2. The first kappa shape index (κ1) is 10.8. The number of methoxy groups -OCH3 is 1. The average molecular weight is 240 g/mol. The minimum Gasteiger partial charge on any atom is -0.494 e. The fraction of sp³-hybridized carbons (Fsp3) is 0.182. The van der Waals surface area contributed by atoms with Gasteiger partial charge in [-0.15, -0.1) is 0 Å². The van der Waals surface area contributed by atoms with Crippen LogP contribution in [0.25, 0.3) is 10.9 Å². The fourth-order valence-corrected chi connectivity index (χ4v) is 2.04. The van der Waals surface area contributed by atoms with Crippen LogP contribution in [-0.2, 0) is 0 Å². The number of carboxylic acid groups (broad SMARTS) is 1. The van der Waals surface area contributed by atoms with Crippen LogP contribution in [-0.4, -0.2) is 23.2 Å². The maximum Gasteiger partial charge on any atom is 0.352 e. The minimum atomic E-state index is -0.994. The molecule has 0 aliphatic carbocycles. The normalized spacial score (nSPS) is 10.7. The van der Waals surface area contributed by atoms with Gasteiger partial charge in [-0.3, -0.25) is 0 Å². The molecule has 0 unspecified atom stereocenters. The van der Waals surface area contributed by atoms with Crippen LogP contribution in [0.5, 0.6) is 5.75 Å². The standard InChI is InChI=1S/C11H10ClNO3/c1-5-8-7(13-9(5)11(14)15)4-3-6(12)10(8)16-2/h3-4,13H,1-2H3,(H,14,15). The van der Waals surface area contributed by atoms with Crippen molar-refractivity contribution in [2.24, 2.45) is 0 Å². The summed E-state index contributed by atoms with van der Waals surface area (Å²) in [4.78, 5) is 13.8. The van der Waals surface area contributed by atoms with Crippen molar-refractivity contribution in [3.8, 4) is 5.75 Å². The van der Waals surface area contributed by atoms with E-state index in [2.05, 4.69) is 4.98 Å². The second kappa shape index (κ2) is 3.72. The highest BCUT2D eigenvalue weighted by atomic mass is 35.5. The predicted molar refractivity (Wildman–Crippen MR) is 61.6 cm³/mol. The molecule has 4 nitrogen and oxygen atoms in total. The van der Waals surface area contributed by atoms with E-state index in [1.807, 2.05) is 0 Å². The van der Waals surface area contributed by atoms with Gasteiger partial charge in [0.15, 0.2) is 0 Å². The van der Waals surface area contributed by atoms with E-state index >= 15 is 0 Å². The van der Waals surface area contributed by atoms with E-state index in [4.69, 9.17) is 21.4 Å². The van der Waals surface area contributed by atoms with E-state index < -0.39 is 5.97 Å². The molecule has 1 aromatic heterocycles. The third-order valence-electron chi connectivity index (χ3n) is 2.54. The van der Waals surface area contributed by atoms with Crippen LogP contribution in [0.2, 0.25) is 5.02 Å². The lowest BCUT2D eigenvalue weighted by molar-refractivity contribution is 0.0691. The quantitative estimate of drug-likeness (QED) is 0.847. The number of aromatic carboxylic acids is 1. The highest BCUT2D eigenvalue weighted by Gasteiger charge is 2.18. The van der Waals surface area contributed by atoms with Gasteiger partial charge in [0, 0.05) is 5.39 Å². The molecule has 2 aromatic rings. The third-order valence-corrected chi connectivity index (χ3v) is 2.83. The van der Waals surface area contributed by atoms with Crippen molar-refractivity contribution in [1.29, 1.82) is 0 Å². The van der Waals surface area contributed by atoms with Crippen molar-refractivity contribution < 1.29 is 14.6 Å². The Morgan fingerprint density at radius 2 is 2.19 bits per heavy atom. The van der Waals surface area contributed by atoms with Crippen LogP contribution in [0, 0.1) is 6.92 Å². The van der Waals surface area contributed by atoms with Crippen molar-refractivity contribution in [3.05, 3.63) is 28.4 Å². The molecular formula is C11H10ClNO3. The number of aromatic amines is 1. The molecule has 1 aromatic carbocycles. The predicted octanol–water partition coefficient (Wildman–Crippen LogP) is 2.84. The number of H-pyrrole nitrogens is 1. The van der Waals surface area contributed by atoms with Crippen LogP contribution in [0.15, 0.2) is 12.1 Å². The molecule has 2 rings (SSSR count). The lowest BCUT2D eigenvalue weighted by Gasteiger charge is -2.04. The molecule has 0 radical (unpaired) electrons. The van der Waals surface area contributed by atoms with Crippen molar-refractivity contribution in [1.82, 2.24) is 4.98 Å². The van der Waals surface area contributed by atoms with Gasteiger partial charge in [-0.1, -0.05) is 11.6 Å². The van der Waals surface area contributed by atoms with Crippen LogP contribution in [0.4, 0.5) is 0 Å². The fourth-order valence-electron chi connectivity index (χ4n) is 1.80. The zero-order valence-corrected chi connectivity index (χ0v) is 9.55. The molecule has 0 saturated heterocycles. The van der Waals surface area contributed by atoms with Gasteiger partial charge in [0.1, 0.15) is 11.4 Å². The molecule has 0 bridgehead atoms.